The molecule has 0 aromatic carbocycles. The number of hydrogen-bond donors (Lipinski definition) is 1. The summed E-state index contributed by atoms with van der Waals surface area (Å²) in [5.74, 6) is 1.95. The first-order valence-corrected chi connectivity index (χ1v) is 7.34. The van der Waals surface area contributed by atoms with Gasteiger partial charge in [0.05, 0.1) is 6.61 Å². The van der Waals surface area contributed by atoms with Crippen molar-refractivity contribution >= 4 is 0 Å². The molecule has 0 unspecified atom stereocenters. The molecule has 0 amide bonds. The molecule has 19 heavy (non-hydrogen) atoms. The van der Waals surface area contributed by atoms with Crippen molar-refractivity contribution in [3.63, 3.8) is 0 Å². The summed E-state index contributed by atoms with van der Waals surface area (Å²) < 4.78 is 5.74. The topological polar surface area (TPSA) is 34.1 Å². The predicted octanol–water partition coefficient (Wildman–Crippen LogP) is 3.42. The molecule has 0 saturated heterocycles. The summed E-state index contributed by atoms with van der Waals surface area (Å²) in [7, 11) is 0. The zero-order valence-corrected chi connectivity index (χ0v) is 13.0. The van der Waals surface area contributed by atoms with Gasteiger partial charge in [-0.3, -0.25) is 0 Å². The van der Waals surface area contributed by atoms with Crippen LogP contribution in [0.25, 0.3) is 0 Å². The van der Waals surface area contributed by atoms with Crippen LogP contribution in [0.1, 0.15) is 45.9 Å². The SMILES string of the molecule is CCc1cc(CNCC(C)C)cc(OCC(C)C)n1. The molecule has 1 heterocycles. The lowest BCUT2D eigenvalue weighted by molar-refractivity contribution is 0.260. The maximum absolute atomic E-state index is 5.74. The second kappa shape index (κ2) is 8.16. The molecule has 0 aliphatic heterocycles. The quantitative estimate of drug-likeness (QED) is 0.781. The molecular weight excluding hydrogens is 236 g/mol. The zero-order chi connectivity index (χ0) is 14.3. The first-order valence-electron chi connectivity index (χ1n) is 7.34. The fraction of sp³-hybridized carbons (Fsp3) is 0.688. The van der Waals surface area contributed by atoms with Gasteiger partial charge in [0, 0.05) is 18.3 Å². The zero-order valence-electron chi connectivity index (χ0n) is 13.0. The van der Waals surface area contributed by atoms with Crippen LogP contribution in [0.5, 0.6) is 5.88 Å². The molecule has 1 N–H and O–H groups in total. The molecule has 108 valence electrons. The number of aryl methyl sites for hydroxylation is 1. The third kappa shape index (κ3) is 6.58. The predicted molar refractivity (Wildman–Crippen MR) is 80.5 cm³/mol. The van der Waals surface area contributed by atoms with Crippen LogP contribution < -0.4 is 10.1 Å². The van der Waals surface area contributed by atoms with E-state index in [4.69, 9.17) is 4.74 Å². The van der Waals surface area contributed by atoms with Gasteiger partial charge in [-0.15, -0.1) is 0 Å². The second-order valence-corrected chi connectivity index (χ2v) is 5.89. The van der Waals surface area contributed by atoms with Gasteiger partial charge in [-0.2, -0.15) is 0 Å². The highest BCUT2D eigenvalue weighted by atomic mass is 16.5. The Labute approximate surface area is 117 Å². The third-order valence-electron chi connectivity index (χ3n) is 2.72. The summed E-state index contributed by atoms with van der Waals surface area (Å²) in [6.45, 7) is 13.5. The Kier molecular flexibility index (Phi) is 6.85. The highest BCUT2D eigenvalue weighted by Crippen LogP contribution is 2.14. The Morgan fingerprint density at radius 1 is 1.16 bits per heavy atom. The van der Waals surface area contributed by atoms with Crippen LogP contribution >= 0.6 is 0 Å². The minimum Gasteiger partial charge on any atom is -0.477 e. The van der Waals surface area contributed by atoms with E-state index >= 15 is 0 Å². The minimum absolute atomic E-state index is 0.523. The van der Waals surface area contributed by atoms with Crippen LogP contribution in [-0.4, -0.2) is 18.1 Å². The number of nitrogens with zero attached hydrogens (tertiary/aromatic N) is 1. The number of rotatable bonds is 8. The van der Waals surface area contributed by atoms with E-state index in [9.17, 15) is 0 Å². The highest BCUT2D eigenvalue weighted by molar-refractivity contribution is 5.25. The average Bonchev–Trinajstić information content (AvgIpc) is 2.35. The van der Waals surface area contributed by atoms with Gasteiger partial charge in [0.1, 0.15) is 0 Å². The van der Waals surface area contributed by atoms with Gasteiger partial charge in [-0.05, 0) is 36.4 Å². The lowest BCUT2D eigenvalue weighted by Gasteiger charge is -2.12. The molecule has 0 atom stereocenters. The monoisotopic (exact) mass is 264 g/mol. The molecule has 3 heteroatoms. The van der Waals surface area contributed by atoms with E-state index in [1.807, 2.05) is 0 Å². The molecule has 0 fully saturated rings. The van der Waals surface area contributed by atoms with Gasteiger partial charge in [0.2, 0.25) is 5.88 Å². The minimum atomic E-state index is 0.523. The maximum atomic E-state index is 5.74. The number of aromatic nitrogens is 1. The lowest BCUT2D eigenvalue weighted by Crippen LogP contribution is -2.19. The van der Waals surface area contributed by atoms with Gasteiger partial charge < -0.3 is 10.1 Å². The standard InChI is InChI=1S/C16H28N2O/c1-6-15-7-14(10-17-9-12(2)3)8-16(18-15)19-11-13(4)5/h7-8,12-13,17H,6,9-11H2,1-5H3. The molecule has 1 aromatic rings. The summed E-state index contributed by atoms with van der Waals surface area (Å²) in [5.41, 5.74) is 2.36. The van der Waals surface area contributed by atoms with Crippen LogP contribution in [0.3, 0.4) is 0 Å². The number of hydrogen-bond acceptors (Lipinski definition) is 3. The molecule has 0 aliphatic rings. The molecular formula is C16H28N2O. The van der Waals surface area contributed by atoms with Crippen molar-refractivity contribution < 1.29 is 4.74 Å². The Balaban J connectivity index is 2.66. The molecule has 0 bridgehead atoms. The Morgan fingerprint density at radius 2 is 1.89 bits per heavy atom. The summed E-state index contributed by atoms with van der Waals surface area (Å²) >= 11 is 0. The molecule has 0 spiro atoms. The summed E-state index contributed by atoms with van der Waals surface area (Å²) in [4.78, 5) is 4.52. The fourth-order valence-corrected chi connectivity index (χ4v) is 1.73. The Hall–Kier alpha value is -1.09. The average molecular weight is 264 g/mol. The van der Waals surface area contributed by atoms with Crippen molar-refractivity contribution in [2.24, 2.45) is 11.8 Å². The van der Waals surface area contributed by atoms with Crippen molar-refractivity contribution in [2.45, 2.75) is 47.6 Å². The van der Waals surface area contributed by atoms with Crippen LogP contribution in [-0.2, 0) is 13.0 Å². The van der Waals surface area contributed by atoms with Gasteiger partial charge in [-0.1, -0.05) is 34.6 Å². The normalized spacial score (nSPS) is 11.3. The first-order chi connectivity index (χ1) is 9.01. The number of ether oxygens (including phenoxy) is 1. The summed E-state index contributed by atoms with van der Waals surface area (Å²) in [6.07, 6.45) is 0.941. The van der Waals surface area contributed by atoms with Crippen LogP contribution in [0.4, 0.5) is 0 Å². The van der Waals surface area contributed by atoms with Crippen molar-refractivity contribution in [2.75, 3.05) is 13.2 Å². The summed E-state index contributed by atoms with van der Waals surface area (Å²) in [5, 5.41) is 3.46. The van der Waals surface area contributed by atoms with Crippen molar-refractivity contribution in [3.05, 3.63) is 23.4 Å². The van der Waals surface area contributed by atoms with E-state index in [-0.39, 0.29) is 0 Å². The van der Waals surface area contributed by atoms with E-state index in [1.54, 1.807) is 0 Å². The van der Waals surface area contributed by atoms with Crippen molar-refractivity contribution in [1.82, 2.24) is 10.3 Å². The lowest BCUT2D eigenvalue weighted by atomic mass is 10.2. The van der Waals surface area contributed by atoms with E-state index in [2.05, 4.69) is 57.1 Å². The molecule has 3 nitrogen and oxygen atoms in total. The van der Waals surface area contributed by atoms with E-state index in [0.29, 0.717) is 11.8 Å². The molecule has 1 rings (SSSR count). The fourth-order valence-electron chi connectivity index (χ4n) is 1.73. The second-order valence-electron chi connectivity index (χ2n) is 5.89. The summed E-state index contributed by atoms with van der Waals surface area (Å²) in [6, 6.07) is 4.21. The first kappa shape index (κ1) is 16.0. The van der Waals surface area contributed by atoms with Gasteiger partial charge >= 0.3 is 0 Å². The molecule has 0 aliphatic carbocycles. The van der Waals surface area contributed by atoms with E-state index in [0.717, 1.165) is 37.7 Å². The van der Waals surface area contributed by atoms with Gasteiger partial charge in [0.15, 0.2) is 0 Å². The van der Waals surface area contributed by atoms with E-state index < -0.39 is 0 Å². The Bertz CT molecular complexity index is 375. The number of nitrogens with one attached hydrogen (secondary N) is 1. The highest BCUT2D eigenvalue weighted by Gasteiger charge is 2.04. The van der Waals surface area contributed by atoms with Gasteiger partial charge in [-0.25, -0.2) is 4.98 Å². The van der Waals surface area contributed by atoms with Gasteiger partial charge in [0.25, 0.3) is 0 Å². The van der Waals surface area contributed by atoms with Crippen LogP contribution in [0, 0.1) is 11.8 Å². The van der Waals surface area contributed by atoms with Crippen molar-refractivity contribution in [1.29, 1.82) is 0 Å². The largest absolute Gasteiger partial charge is 0.477 e. The Morgan fingerprint density at radius 3 is 2.47 bits per heavy atom. The smallest absolute Gasteiger partial charge is 0.213 e. The molecule has 0 radical (unpaired) electrons. The van der Waals surface area contributed by atoms with E-state index in [1.165, 1.54) is 5.56 Å². The van der Waals surface area contributed by atoms with Crippen molar-refractivity contribution in [3.8, 4) is 5.88 Å². The molecule has 0 saturated carbocycles. The van der Waals surface area contributed by atoms with Crippen LogP contribution in [0.2, 0.25) is 0 Å². The molecule has 1 aromatic heterocycles. The van der Waals surface area contributed by atoms with Crippen LogP contribution in [0.15, 0.2) is 12.1 Å². The maximum Gasteiger partial charge on any atom is 0.213 e. The number of pyridine rings is 1. The third-order valence-corrected chi connectivity index (χ3v) is 2.72.